The number of carbonyl (C=O) groups is 1. The van der Waals surface area contributed by atoms with Gasteiger partial charge in [0.25, 0.3) is 0 Å². The molecule has 0 spiro atoms. The Balaban J connectivity index is 2.13. The molecule has 1 aromatic rings. The first-order valence-corrected chi connectivity index (χ1v) is 7.13. The Morgan fingerprint density at radius 1 is 1.40 bits per heavy atom. The molecule has 0 aliphatic heterocycles. The van der Waals surface area contributed by atoms with Crippen LogP contribution in [0.2, 0.25) is 0 Å². The van der Waals surface area contributed by atoms with Crippen LogP contribution in [0.15, 0.2) is 30.3 Å². The van der Waals surface area contributed by atoms with Gasteiger partial charge in [0.1, 0.15) is 0 Å². The third-order valence-corrected chi connectivity index (χ3v) is 3.77. The fourth-order valence-corrected chi connectivity index (χ4v) is 2.51. The van der Waals surface area contributed by atoms with Crippen molar-refractivity contribution in [2.75, 3.05) is 0 Å². The molecule has 1 aromatic carbocycles. The van der Waals surface area contributed by atoms with Crippen molar-refractivity contribution < 1.29 is 4.79 Å². The molecular formula is C17H20N2O. The van der Waals surface area contributed by atoms with Gasteiger partial charge in [-0.25, -0.2) is 0 Å². The van der Waals surface area contributed by atoms with Gasteiger partial charge in [-0.1, -0.05) is 18.2 Å². The SMILES string of the molecule is CC(C)N(C(=O)/C=C/c1ccccc1C#N)C1CCC1. The first-order chi connectivity index (χ1) is 9.63. The molecule has 0 heterocycles. The Bertz CT molecular complexity index is 550. The molecule has 1 aliphatic carbocycles. The van der Waals surface area contributed by atoms with Crippen LogP contribution in [0.3, 0.4) is 0 Å². The Kier molecular flexibility index (Phi) is 4.57. The van der Waals surface area contributed by atoms with E-state index in [1.807, 2.05) is 36.9 Å². The zero-order chi connectivity index (χ0) is 14.5. The summed E-state index contributed by atoms with van der Waals surface area (Å²) in [7, 11) is 0. The summed E-state index contributed by atoms with van der Waals surface area (Å²) in [6, 6.07) is 10.1. The van der Waals surface area contributed by atoms with Crippen molar-refractivity contribution in [3.63, 3.8) is 0 Å². The number of rotatable bonds is 4. The Labute approximate surface area is 120 Å². The van der Waals surface area contributed by atoms with Crippen LogP contribution in [0.25, 0.3) is 6.08 Å². The van der Waals surface area contributed by atoms with Gasteiger partial charge < -0.3 is 4.90 Å². The fraction of sp³-hybridized carbons (Fsp3) is 0.412. The number of benzene rings is 1. The monoisotopic (exact) mass is 268 g/mol. The van der Waals surface area contributed by atoms with Crippen LogP contribution in [0.5, 0.6) is 0 Å². The van der Waals surface area contributed by atoms with Crippen molar-refractivity contribution in [2.45, 2.75) is 45.2 Å². The maximum atomic E-state index is 12.3. The zero-order valence-corrected chi connectivity index (χ0v) is 12.0. The molecule has 0 N–H and O–H groups in total. The van der Waals surface area contributed by atoms with Crippen LogP contribution in [0, 0.1) is 11.3 Å². The van der Waals surface area contributed by atoms with Crippen LogP contribution >= 0.6 is 0 Å². The predicted octanol–water partition coefficient (Wildman–Crippen LogP) is 3.36. The number of hydrogen-bond donors (Lipinski definition) is 0. The summed E-state index contributed by atoms with van der Waals surface area (Å²) in [5, 5.41) is 9.04. The van der Waals surface area contributed by atoms with Crippen LogP contribution in [-0.2, 0) is 4.79 Å². The van der Waals surface area contributed by atoms with E-state index in [-0.39, 0.29) is 11.9 Å². The van der Waals surface area contributed by atoms with Crippen molar-refractivity contribution >= 4 is 12.0 Å². The summed E-state index contributed by atoms with van der Waals surface area (Å²) < 4.78 is 0. The van der Waals surface area contributed by atoms with E-state index in [0.717, 1.165) is 18.4 Å². The molecule has 1 fully saturated rings. The predicted molar refractivity (Wildman–Crippen MR) is 79.8 cm³/mol. The molecule has 20 heavy (non-hydrogen) atoms. The molecule has 0 atom stereocenters. The second-order valence-corrected chi connectivity index (χ2v) is 5.46. The summed E-state index contributed by atoms with van der Waals surface area (Å²) >= 11 is 0. The molecule has 2 rings (SSSR count). The number of nitriles is 1. The van der Waals surface area contributed by atoms with E-state index in [2.05, 4.69) is 6.07 Å². The number of hydrogen-bond acceptors (Lipinski definition) is 2. The molecule has 1 amide bonds. The van der Waals surface area contributed by atoms with Crippen LogP contribution in [-0.4, -0.2) is 22.9 Å². The summed E-state index contributed by atoms with van der Waals surface area (Å²) in [6.07, 6.45) is 6.75. The third-order valence-electron chi connectivity index (χ3n) is 3.77. The van der Waals surface area contributed by atoms with E-state index in [0.29, 0.717) is 11.6 Å². The molecule has 0 unspecified atom stereocenters. The summed E-state index contributed by atoms with van der Waals surface area (Å²) in [5.41, 5.74) is 1.39. The number of nitrogens with zero attached hydrogens (tertiary/aromatic N) is 2. The average Bonchev–Trinajstić information content (AvgIpc) is 2.39. The lowest BCUT2D eigenvalue weighted by molar-refractivity contribution is -0.131. The minimum absolute atomic E-state index is 0.0393. The largest absolute Gasteiger partial charge is 0.334 e. The Hall–Kier alpha value is -2.08. The molecule has 0 saturated heterocycles. The molecule has 3 heteroatoms. The molecule has 0 radical (unpaired) electrons. The minimum Gasteiger partial charge on any atom is -0.334 e. The minimum atomic E-state index is 0.0393. The van der Waals surface area contributed by atoms with Crippen molar-refractivity contribution in [3.05, 3.63) is 41.5 Å². The summed E-state index contributed by atoms with van der Waals surface area (Å²) in [6.45, 7) is 4.10. The van der Waals surface area contributed by atoms with Gasteiger partial charge in [-0.3, -0.25) is 4.79 Å². The molecular weight excluding hydrogens is 248 g/mol. The molecule has 0 bridgehead atoms. The zero-order valence-electron chi connectivity index (χ0n) is 12.0. The second-order valence-electron chi connectivity index (χ2n) is 5.46. The Morgan fingerprint density at radius 2 is 2.10 bits per heavy atom. The smallest absolute Gasteiger partial charge is 0.247 e. The van der Waals surface area contributed by atoms with Crippen LogP contribution in [0.4, 0.5) is 0 Å². The van der Waals surface area contributed by atoms with E-state index in [9.17, 15) is 4.79 Å². The van der Waals surface area contributed by atoms with Gasteiger partial charge in [0, 0.05) is 18.2 Å². The number of carbonyl (C=O) groups excluding carboxylic acids is 1. The highest BCUT2D eigenvalue weighted by Crippen LogP contribution is 2.26. The normalized spacial score (nSPS) is 15.1. The van der Waals surface area contributed by atoms with Gasteiger partial charge in [0.05, 0.1) is 11.6 Å². The van der Waals surface area contributed by atoms with Crippen LogP contribution < -0.4 is 0 Å². The topological polar surface area (TPSA) is 44.1 Å². The average molecular weight is 268 g/mol. The lowest BCUT2D eigenvalue weighted by atomic mass is 9.90. The summed E-state index contributed by atoms with van der Waals surface area (Å²) in [4.78, 5) is 14.3. The van der Waals surface area contributed by atoms with E-state index in [1.54, 1.807) is 18.2 Å². The maximum absolute atomic E-state index is 12.3. The third kappa shape index (κ3) is 3.08. The van der Waals surface area contributed by atoms with Gasteiger partial charge in [0.2, 0.25) is 5.91 Å². The van der Waals surface area contributed by atoms with E-state index in [1.165, 1.54) is 6.42 Å². The van der Waals surface area contributed by atoms with Crippen molar-refractivity contribution in [3.8, 4) is 6.07 Å². The van der Waals surface area contributed by atoms with Gasteiger partial charge >= 0.3 is 0 Å². The lowest BCUT2D eigenvalue weighted by Crippen LogP contribution is -2.47. The Morgan fingerprint density at radius 3 is 2.65 bits per heavy atom. The molecule has 1 aliphatic rings. The van der Waals surface area contributed by atoms with Gasteiger partial charge in [0.15, 0.2) is 0 Å². The molecule has 0 aromatic heterocycles. The fourth-order valence-electron chi connectivity index (χ4n) is 2.51. The highest BCUT2D eigenvalue weighted by atomic mass is 16.2. The van der Waals surface area contributed by atoms with Crippen molar-refractivity contribution in [1.82, 2.24) is 4.90 Å². The van der Waals surface area contributed by atoms with E-state index >= 15 is 0 Å². The van der Waals surface area contributed by atoms with Crippen molar-refractivity contribution in [2.24, 2.45) is 0 Å². The molecule has 3 nitrogen and oxygen atoms in total. The van der Waals surface area contributed by atoms with Crippen LogP contribution in [0.1, 0.15) is 44.2 Å². The van der Waals surface area contributed by atoms with Crippen molar-refractivity contribution in [1.29, 1.82) is 5.26 Å². The number of amides is 1. The highest BCUT2D eigenvalue weighted by molar-refractivity contribution is 5.92. The van der Waals surface area contributed by atoms with Gasteiger partial charge in [-0.2, -0.15) is 5.26 Å². The first-order valence-electron chi connectivity index (χ1n) is 7.13. The van der Waals surface area contributed by atoms with E-state index < -0.39 is 0 Å². The van der Waals surface area contributed by atoms with Gasteiger partial charge in [-0.05, 0) is 50.8 Å². The highest BCUT2D eigenvalue weighted by Gasteiger charge is 2.29. The lowest BCUT2D eigenvalue weighted by Gasteiger charge is -2.39. The standard InChI is InChI=1S/C17H20N2O/c1-13(2)19(16-8-5-9-16)17(20)11-10-14-6-3-4-7-15(14)12-18/h3-4,6-7,10-11,13,16H,5,8-9H2,1-2H3/b11-10+. The first kappa shape index (κ1) is 14.3. The van der Waals surface area contributed by atoms with E-state index in [4.69, 9.17) is 5.26 Å². The summed E-state index contributed by atoms with van der Waals surface area (Å²) in [5.74, 6) is 0.0393. The second kappa shape index (κ2) is 6.38. The molecule has 1 saturated carbocycles. The quantitative estimate of drug-likeness (QED) is 0.786. The maximum Gasteiger partial charge on any atom is 0.247 e. The van der Waals surface area contributed by atoms with Gasteiger partial charge in [-0.15, -0.1) is 0 Å². The molecule has 104 valence electrons.